The predicted molar refractivity (Wildman–Crippen MR) is 58.1 cm³/mol. The number of hydrogen-bond acceptors (Lipinski definition) is 3. The molecule has 0 spiro atoms. The van der Waals surface area contributed by atoms with Crippen LogP contribution in [0.15, 0.2) is 12.1 Å². The van der Waals surface area contributed by atoms with Gasteiger partial charge >= 0.3 is 5.69 Å². The number of rotatable bonds is 3. The molecule has 1 saturated carbocycles. The number of nitrogens with one attached hydrogen (secondary N) is 1. The number of halogens is 2. The fourth-order valence-corrected chi connectivity index (χ4v) is 1.70. The zero-order chi connectivity index (χ0) is 13.3. The van der Waals surface area contributed by atoms with E-state index in [1.54, 1.807) is 0 Å². The van der Waals surface area contributed by atoms with E-state index in [-0.39, 0.29) is 6.04 Å². The van der Waals surface area contributed by atoms with Crippen molar-refractivity contribution >= 4 is 11.6 Å². The Labute approximate surface area is 101 Å². The number of amides is 1. The topological polar surface area (TPSA) is 72.2 Å². The molecule has 0 heterocycles. The quantitative estimate of drug-likeness (QED) is 0.665. The maximum Gasteiger partial charge on any atom is 0.305 e. The molecule has 96 valence electrons. The lowest BCUT2D eigenvalue weighted by Crippen LogP contribution is -2.40. The van der Waals surface area contributed by atoms with E-state index >= 15 is 0 Å². The summed E-state index contributed by atoms with van der Waals surface area (Å²) in [5, 5.41) is 12.9. The minimum Gasteiger partial charge on any atom is -0.349 e. The van der Waals surface area contributed by atoms with Gasteiger partial charge in [-0.25, -0.2) is 4.39 Å². The van der Waals surface area contributed by atoms with Crippen LogP contribution in [0.5, 0.6) is 0 Å². The average Bonchev–Trinajstić information content (AvgIpc) is 2.23. The van der Waals surface area contributed by atoms with Crippen molar-refractivity contribution in [2.24, 2.45) is 0 Å². The lowest BCUT2D eigenvalue weighted by atomic mass is 9.93. The first-order chi connectivity index (χ1) is 8.50. The summed E-state index contributed by atoms with van der Waals surface area (Å²) < 4.78 is 27.1. The fraction of sp³-hybridized carbons (Fsp3) is 0.364. The molecular formula is C11H10F2N2O3. The number of carbonyl (C=O) groups is 1. The molecule has 0 unspecified atom stereocenters. The summed E-state index contributed by atoms with van der Waals surface area (Å²) in [6.45, 7) is 0. The van der Waals surface area contributed by atoms with Crippen LogP contribution in [0, 0.1) is 21.7 Å². The molecule has 0 bridgehead atoms. The minimum atomic E-state index is -1.43. The van der Waals surface area contributed by atoms with Crippen LogP contribution in [-0.4, -0.2) is 16.9 Å². The van der Waals surface area contributed by atoms with Crippen molar-refractivity contribution in [3.63, 3.8) is 0 Å². The van der Waals surface area contributed by atoms with Gasteiger partial charge in [-0.3, -0.25) is 14.9 Å². The van der Waals surface area contributed by atoms with Crippen LogP contribution in [0.1, 0.15) is 29.6 Å². The molecule has 0 aliphatic heterocycles. The second-order valence-corrected chi connectivity index (χ2v) is 4.11. The lowest BCUT2D eigenvalue weighted by Gasteiger charge is -2.26. The Morgan fingerprint density at radius 3 is 2.56 bits per heavy atom. The second-order valence-electron chi connectivity index (χ2n) is 4.11. The Bertz CT molecular complexity index is 515. The minimum absolute atomic E-state index is 0.101. The van der Waals surface area contributed by atoms with Gasteiger partial charge in [0.2, 0.25) is 5.82 Å². The number of nitrogens with zero attached hydrogens (tertiary/aromatic N) is 1. The first-order valence-electron chi connectivity index (χ1n) is 5.44. The standard InChI is InChI=1S/C11H10F2N2O3/c12-7-4-5-8(15(17)18)10(13)9(7)11(16)14-6-2-1-3-6/h4-6H,1-3H2,(H,14,16). The molecule has 1 amide bonds. The van der Waals surface area contributed by atoms with Gasteiger partial charge in [0.05, 0.1) is 4.92 Å². The van der Waals surface area contributed by atoms with E-state index in [9.17, 15) is 23.7 Å². The largest absolute Gasteiger partial charge is 0.349 e. The van der Waals surface area contributed by atoms with Crippen molar-refractivity contribution in [1.29, 1.82) is 0 Å². The number of benzene rings is 1. The first kappa shape index (κ1) is 12.4. The number of hydrogen-bond donors (Lipinski definition) is 1. The molecule has 1 aromatic rings. The van der Waals surface area contributed by atoms with Gasteiger partial charge in [-0.15, -0.1) is 0 Å². The first-order valence-corrected chi connectivity index (χ1v) is 5.44. The van der Waals surface area contributed by atoms with Crippen LogP contribution in [0.25, 0.3) is 0 Å². The molecule has 2 rings (SSSR count). The van der Waals surface area contributed by atoms with Crippen LogP contribution in [0.3, 0.4) is 0 Å². The highest BCUT2D eigenvalue weighted by Gasteiger charge is 2.28. The summed E-state index contributed by atoms with van der Waals surface area (Å²) >= 11 is 0. The van der Waals surface area contributed by atoms with Gasteiger partial charge < -0.3 is 5.32 Å². The predicted octanol–water partition coefficient (Wildman–Crippen LogP) is 2.16. The van der Waals surface area contributed by atoms with Crippen molar-refractivity contribution < 1.29 is 18.5 Å². The van der Waals surface area contributed by atoms with Crippen molar-refractivity contribution in [1.82, 2.24) is 5.32 Å². The highest BCUT2D eigenvalue weighted by atomic mass is 19.1. The molecule has 5 nitrogen and oxygen atoms in total. The normalized spacial score (nSPS) is 15.0. The lowest BCUT2D eigenvalue weighted by molar-refractivity contribution is -0.387. The van der Waals surface area contributed by atoms with E-state index in [1.807, 2.05) is 0 Å². The van der Waals surface area contributed by atoms with E-state index in [4.69, 9.17) is 0 Å². The van der Waals surface area contributed by atoms with Gasteiger partial charge in [0.15, 0.2) is 0 Å². The monoisotopic (exact) mass is 256 g/mol. The van der Waals surface area contributed by atoms with E-state index < -0.39 is 33.7 Å². The second kappa shape index (κ2) is 4.67. The molecule has 0 aromatic heterocycles. The molecule has 18 heavy (non-hydrogen) atoms. The zero-order valence-corrected chi connectivity index (χ0v) is 9.28. The summed E-state index contributed by atoms with van der Waals surface area (Å²) in [5.41, 5.74) is -1.80. The van der Waals surface area contributed by atoms with Gasteiger partial charge in [0, 0.05) is 12.1 Å². The van der Waals surface area contributed by atoms with Gasteiger partial charge in [-0.1, -0.05) is 0 Å². The van der Waals surface area contributed by atoms with Crippen molar-refractivity contribution in [3.8, 4) is 0 Å². The molecule has 1 aliphatic carbocycles. The number of nitro groups is 1. The third-order valence-electron chi connectivity index (χ3n) is 2.93. The van der Waals surface area contributed by atoms with Crippen molar-refractivity contribution in [2.75, 3.05) is 0 Å². The highest BCUT2D eigenvalue weighted by Crippen LogP contribution is 2.24. The summed E-state index contributed by atoms with van der Waals surface area (Å²) in [6.07, 6.45) is 2.46. The molecule has 1 aromatic carbocycles. The average molecular weight is 256 g/mol. The maximum atomic E-state index is 13.7. The van der Waals surface area contributed by atoms with E-state index in [1.165, 1.54) is 0 Å². The molecule has 0 radical (unpaired) electrons. The molecule has 1 N–H and O–H groups in total. The van der Waals surface area contributed by atoms with Crippen LogP contribution in [0.2, 0.25) is 0 Å². The number of carbonyl (C=O) groups excluding carboxylic acids is 1. The Morgan fingerprint density at radius 1 is 1.39 bits per heavy atom. The smallest absolute Gasteiger partial charge is 0.305 e. The molecule has 0 saturated heterocycles. The summed E-state index contributed by atoms with van der Waals surface area (Å²) in [7, 11) is 0. The van der Waals surface area contributed by atoms with Crippen molar-refractivity contribution in [2.45, 2.75) is 25.3 Å². The zero-order valence-electron chi connectivity index (χ0n) is 9.28. The Kier molecular flexibility index (Phi) is 3.22. The van der Waals surface area contributed by atoms with Crippen LogP contribution >= 0.6 is 0 Å². The summed E-state index contributed by atoms with van der Waals surface area (Å²) in [6, 6.07) is 1.32. The van der Waals surface area contributed by atoms with Gasteiger partial charge in [0.1, 0.15) is 11.4 Å². The SMILES string of the molecule is O=C(NC1CCC1)c1c(F)ccc([N+](=O)[O-])c1F. The van der Waals surface area contributed by atoms with Crippen LogP contribution in [0.4, 0.5) is 14.5 Å². The van der Waals surface area contributed by atoms with E-state index in [0.29, 0.717) is 6.07 Å². The highest BCUT2D eigenvalue weighted by molar-refractivity contribution is 5.95. The Hall–Kier alpha value is -2.05. The van der Waals surface area contributed by atoms with Gasteiger partial charge in [-0.05, 0) is 25.3 Å². The molecule has 0 atom stereocenters. The third kappa shape index (κ3) is 2.15. The van der Waals surface area contributed by atoms with E-state index in [0.717, 1.165) is 25.3 Å². The van der Waals surface area contributed by atoms with Gasteiger partial charge in [-0.2, -0.15) is 4.39 Å². The van der Waals surface area contributed by atoms with E-state index in [2.05, 4.69) is 5.32 Å². The third-order valence-corrected chi connectivity index (χ3v) is 2.93. The summed E-state index contributed by atoms with van der Waals surface area (Å²) in [5.74, 6) is -3.48. The van der Waals surface area contributed by atoms with Crippen molar-refractivity contribution in [3.05, 3.63) is 39.4 Å². The fourth-order valence-electron chi connectivity index (χ4n) is 1.70. The molecule has 1 fully saturated rings. The Balaban J connectivity index is 2.32. The maximum absolute atomic E-state index is 13.7. The molecule has 7 heteroatoms. The van der Waals surface area contributed by atoms with Crippen LogP contribution in [-0.2, 0) is 0 Å². The van der Waals surface area contributed by atoms with Gasteiger partial charge in [0.25, 0.3) is 5.91 Å². The summed E-state index contributed by atoms with van der Waals surface area (Å²) in [4.78, 5) is 21.2. The Morgan fingerprint density at radius 2 is 2.06 bits per heavy atom. The molecule has 1 aliphatic rings. The molecular weight excluding hydrogens is 246 g/mol. The van der Waals surface area contributed by atoms with Crippen LogP contribution < -0.4 is 5.32 Å². The number of nitro benzene ring substituents is 1.